The van der Waals surface area contributed by atoms with E-state index in [0.717, 1.165) is 29.7 Å². The Hall–Kier alpha value is -1.82. The van der Waals surface area contributed by atoms with Crippen molar-refractivity contribution in [1.82, 2.24) is 0 Å². The largest absolute Gasteiger partial charge is 0.0952 e. The fourth-order valence-corrected chi connectivity index (χ4v) is 4.80. The van der Waals surface area contributed by atoms with Crippen LogP contribution in [0, 0.1) is 0 Å². The second-order valence-electron chi connectivity index (χ2n) is 9.41. The highest BCUT2D eigenvalue weighted by Crippen LogP contribution is 2.22. The summed E-state index contributed by atoms with van der Waals surface area (Å²) >= 11 is 0. The molecule has 170 valence electrons. The lowest BCUT2D eigenvalue weighted by Crippen LogP contribution is -2.16. The average Bonchev–Trinajstić information content (AvgIpc) is 2.75. The van der Waals surface area contributed by atoms with Crippen molar-refractivity contribution in [2.24, 2.45) is 0 Å². The molecule has 0 aliphatic rings. The number of rotatable bonds is 15. The summed E-state index contributed by atoms with van der Waals surface area (Å²) in [4.78, 5) is 0. The average molecular weight is 419 g/mol. The first-order valence-corrected chi connectivity index (χ1v) is 13.0. The first kappa shape index (κ1) is 25.4. The Bertz CT molecular complexity index is 931. The first-order chi connectivity index (χ1) is 15.0. The number of unbranched alkanes of at least 4 members (excludes halogenated alkanes) is 8. The third-order valence-electron chi connectivity index (χ3n) is 6.66. The molecule has 0 nitrogen and oxygen atoms in total. The van der Waals surface area contributed by atoms with Gasteiger partial charge in [0, 0.05) is 0 Å². The van der Waals surface area contributed by atoms with E-state index in [9.17, 15) is 0 Å². The molecule has 0 bridgehead atoms. The maximum absolute atomic E-state index is 4.47. The molecule has 0 spiro atoms. The normalized spacial score (nSPS) is 11.3. The minimum atomic E-state index is 1.02. The molecule has 0 fully saturated rings. The van der Waals surface area contributed by atoms with Crippen molar-refractivity contribution < 1.29 is 0 Å². The van der Waals surface area contributed by atoms with E-state index in [1.165, 1.54) is 104 Å². The molecular weight excluding hydrogens is 372 g/mol. The number of fused-ring (bicyclic) bond motifs is 1. The molecule has 0 aromatic heterocycles. The van der Waals surface area contributed by atoms with Crippen molar-refractivity contribution in [2.75, 3.05) is 0 Å². The number of hydrogen-bond acceptors (Lipinski definition) is 0. The highest BCUT2D eigenvalue weighted by atomic mass is 14.1. The van der Waals surface area contributed by atoms with Crippen LogP contribution in [0.2, 0.25) is 0 Å². The molecule has 0 unspecified atom stereocenters. The van der Waals surface area contributed by atoms with E-state index in [4.69, 9.17) is 0 Å². The summed E-state index contributed by atoms with van der Waals surface area (Å²) in [6.45, 7) is 20.0. The number of aryl methyl sites for hydroxylation is 2. The van der Waals surface area contributed by atoms with Gasteiger partial charge in [-0.1, -0.05) is 117 Å². The molecule has 0 heteroatoms. The first-order valence-electron chi connectivity index (χ1n) is 13.0. The van der Waals surface area contributed by atoms with Gasteiger partial charge in [0.25, 0.3) is 0 Å². The van der Waals surface area contributed by atoms with E-state index in [-0.39, 0.29) is 0 Å². The van der Waals surface area contributed by atoms with Gasteiger partial charge in [0.1, 0.15) is 0 Å². The van der Waals surface area contributed by atoms with Crippen LogP contribution in [-0.4, -0.2) is 0 Å². The maximum atomic E-state index is 4.47. The minimum absolute atomic E-state index is 1.02. The van der Waals surface area contributed by atoms with Crippen molar-refractivity contribution in [2.45, 2.75) is 111 Å². The monoisotopic (exact) mass is 418 g/mol. The van der Waals surface area contributed by atoms with Crippen LogP contribution in [0.15, 0.2) is 24.8 Å². The third kappa shape index (κ3) is 7.37. The van der Waals surface area contributed by atoms with Gasteiger partial charge in [-0.15, -0.1) is 0 Å². The fourth-order valence-electron chi connectivity index (χ4n) is 4.80. The van der Waals surface area contributed by atoms with Gasteiger partial charge in [0.15, 0.2) is 0 Å². The van der Waals surface area contributed by atoms with E-state index in [1.54, 1.807) is 0 Å². The van der Waals surface area contributed by atoms with E-state index in [1.807, 2.05) is 0 Å². The Morgan fingerprint density at radius 3 is 1.84 bits per heavy atom. The molecule has 31 heavy (non-hydrogen) atoms. The number of allylic oxidation sites excluding steroid dienone is 1. The van der Waals surface area contributed by atoms with Crippen LogP contribution in [0.25, 0.3) is 29.5 Å². The zero-order chi connectivity index (χ0) is 22.6. The zero-order valence-corrected chi connectivity index (χ0v) is 20.8. The molecule has 2 rings (SSSR count). The predicted molar refractivity (Wildman–Crippen MR) is 143 cm³/mol. The van der Waals surface area contributed by atoms with Gasteiger partial charge < -0.3 is 0 Å². The number of hydrogen-bond donors (Lipinski definition) is 0. The van der Waals surface area contributed by atoms with E-state index in [0.29, 0.717) is 0 Å². The molecule has 0 atom stereocenters. The smallest absolute Gasteiger partial charge is 0.0103 e. The molecular formula is C31H46. The molecule has 0 saturated heterocycles. The van der Waals surface area contributed by atoms with Crippen LogP contribution in [0.5, 0.6) is 0 Å². The van der Waals surface area contributed by atoms with Gasteiger partial charge in [-0.2, -0.15) is 0 Å². The van der Waals surface area contributed by atoms with Gasteiger partial charge in [-0.3, -0.25) is 0 Å². The molecule has 0 aliphatic heterocycles. The van der Waals surface area contributed by atoms with Crippen molar-refractivity contribution in [3.8, 4) is 0 Å². The van der Waals surface area contributed by atoms with E-state index in [2.05, 4.69) is 58.7 Å². The van der Waals surface area contributed by atoms with Crippen molar-refractivity contribution in [3.63, 3.8) is 0 Å². The topological polar surface area (TPSA) is 0 Å². The van der Waals surface area contributed by atoms with Crippen molar-refractivity contribution in [3.05, 3.63) is 51.9 Å². The molecule has 0 saturated carbocycles. The Balaban J connectivity index is 2.14. The number of benzene rings is 2. The molecule has 0 heterocycles. The lowest BCUT2D eigenvalue weighted by atomic mass is 9.90. The Morgan fingerprint density at radius 1 is 0.645 bits per heavy atom. The van der Waals surface area contributed by atoms with Gasteiger partial charge >= 0.3 is 0 Å². The summed E-state index contributed by atoms with van der Waals surface area (Å²) in [5.41, 5.74) is 5.44. The summed E-state index contributed by atoms with van der Waals surface area (Å²) in [5, 5.41) is 4.81. The Morgan fingerprint density at radius 2 is 1.23 bits per heavy atom. The SMILES string of the molecule is C=C(CCC)c1cc(=C)c2cc(CCC)c(CCCCCCCCCCC)cc2c1=C. The molecule has 0 radical (unpaired) electrons. The van der Waals surface area contributed by atoms with E-state index < -0.39 is 0 Å². The van der Waals surface area contributed by atoms with Gasteiger partial charge in [0.2, 0.25) is 0 Å². The summed E-state index contributed by atoms with van der Waals surface area (Å²) in [7, 11) is 0. The predicted octanol–water partition coefficient (Wildman–Crippen LogP) is 8.50. The van der Waals surface area contributed by atoms with Crippen LogP contribution in [0.1, 0.15) is 115 Å². The van der Waals surface area contributed by atoms with Crippen molar-refractivity contribution >= 4 is 29.5 Å². The van der Waals surface area contributed by atoms with E-state index >= 15 is 0 Å². The van der Waals surface area contributed by atoms with Crippen LogP contribution in [0.3, 0.4) is 0 Å². The van der Waals surface area contributed by atoms with Crippen LogP contribution < -0.4 is 10.4 Å². The van der Waals surface area contributed by atoms with Gasteiger partial charge in [0.05, 0.1) is 0 Å². The quantitative estimate of drug-likeness (QED) is 0.254. The lowest BCUT2D eigenvalue weighted by Gasteiger charge is -2.15. The summed E-state index contributed by atoms with van der Waals surface area (Å²) < 4.78 is 0. The standard InChI is InChI=1S/C31H46/c1-7-10-11-12-13-14-15-16-17-20-28-23-31-26(6)29(24(4)18-8-2)21-25(5)30(31)22-27(28)19-9-3/h21-23H,4-20H2,1-3H3. The molecule has 2 aromatic rings. The summed E-state index contributed by atoms with van der Waals surface area (Å²) in [5.74, 6) is 0. The van der Waals surface area contributed by atoms with Crippen molar-refractivity contribution in [1.29, 1.82) is 0 Å². The Labute approximate surface area is 192 Å². The molecule has 0 aliphatic carbocycles. The Kier molecular flexibility index (Phi) is 11.1. The highest BCUT2D eigenvalue weighted by Gasteiger charge is 2.10. The third-order valence-corrected chi connectivity index (χ3v) is 6.66. The molecule has 0 amide bonds. The second-order valence-corrected chi connectivity index (χ2v) is 9.41. The lowest BCUT2D eigenvalue weighted by molar-refractivity contribution is 0.564. The fraction of sp³-hybridized carbons (Fsp3) is 0.548. The van der Waals surface area contributed by atoms with Crippen LogP contribution in [0.4, 0.5) is 0 Å². The zero-order valence-electron chi connectivity index (χ0n) is 20.8. The second kappa shape index (κ2) is 13.6. The van der Waals surface area contributed by atoms with Crippen LogP contribution in [-0.2, 0) is 12.8 Å². The van der Waals surface area contributed by atoms with Gasteiger partial charge in [-0.25, -0.2) is 0 Å². The summed E-state index contributed by atoms with van der Waals surface area (Å²) in [6.07, 6.45) is 18.1. The minimum Gasteiger partial charge on any atom is -0.0952 e. The van der Waals surface area contributed by atoms with Gasteiger partial charge in [-0.05, 0) is 75.2 Å². The molecule has 2 aromatic carbocycles. The van der Waals surface area contributed by atoms with Crippen LogP contribution >= 0.6 is 0 Å². The highest BCUT2D eigenvalue weighted by molar-refractivity contribution is 5.88. The summed E-state index contributed by atoms with van der Waals surface area (Å²) in [6, 6.07) is 7.05. The maximum Gasteiger partial charge on any atom is -0.0103 e. The molecule has 0 N–H and O–H groups in total.